The molecule has 0 atom stereocenters. The van der Waals surface area contributed by atoms with E-state index in [2.05, 4.69) is 58.4 Å². The number of thioether (sulfide) groups is 1. The average Bonchev–Trinajstić information content (AvgIpc) is 3.29. The molecular weight excluding hydrogens is 592 g/mol. The molecule has 1 aliphatic rings. The van der Waals surface area contributed by atoms with Crippen LogP contribution in [0.2, 0.25) is 0 Å². The van der Waals surface area contributed by atoms with E-state index in [-0.39, 0.29) is 5.91 Å². The summed E-state index contributed by atoms with van der Waals surface area (Å²) in [6.45, 7) is 1.02. The summed E-state index contributed by atoms with van der Waals surface area (Å²) in [5.41, 5.74) is 4.05. The molecule has 0 bridgehead atoms. The normalized spacial score (nSPS) is 15.2. The lowest BCUT2D eigenvalue weighted by Gasteiger charge is -2.15. The van der Waals surface area contributed by atoms with Crippen molar-refractivity contribution >= 4 is 61.3 Å². The van der Waals surface area contributed by atoms with Crippen LogP contribution in [0.1, 0.15) is 16.7 Å². The minimum atomic E-state index is -0.0342. The van der Waals surface area contributed by atoms with Crippen molar-refractivity contribution in [3.8, 4) is 5.75 Å². The third-order valence-electron chi connectivity index (χ3n) is 6.85. The molecule has 1 heterocycles. The van der Waals surface area contributed by atoms with E-state index in [1.165, 1.54) is 28.1 Å². The van der Waals surface area contributed by atoms with Crippen LogP contribution in [-0.2, 0) is 17.8 Å². The van der Waals surface area contributed by atoms with E-state index in [1.807, 2.05) is 84.9 Å². The predicted octanol–water partition coefficient (Wildman–Crippen LogP) is 9.03. The molecule has 202 valence electrons. The number of hydrogen-bond acceptors (Lipinski definition) is 4. The first kappa shape index (κ1) is 27.1. The van der Waals surface area contributed by atoms with Crippen LogP contribution < -0.4 is 4.74 Å². The Balaban J connectivity index is 1.21. The lowest BCUT2D eigenvalue weighted by Crippen LogP contribution is -2.31. The van der Waals surface area contributed by atoms with E-state index in [1.54, 1.807) is 4.90 Å². The van der Waals surface area contributed by atoms with Crippen molar-refractivity contribution in [3.63, 3.8) is 0 Å². The molecule has 0 spiro atoms. The van der Waals surface area contributed by atoms with Crippen LogP contribution in [-0.4, -0.2) is 22.5 Å². The maximum atomic E-state index is 13.6. The third kappa shape index (κ3) is 6.45. The Kier molecular flexibility index (Phi) is 8.31. The molecule has 0 radical (unpaired) electrons. The molecule has 5 aromatic rings. The van der Waals surface area contributed by atoms with Gasteiger partial charge in [-0.15, -0.1) is 0 Å². The fourth-order valence-corrected chi connectivity index (χ4v) is 6.27. The number of halogens is 1. The Morgan fingerprint density at radius 3 is 2.37 bits per heavy atom. The number of nitrogens with zero attached hydrogens (tertiary/aromatic N) is 2. The molecule has 0 aromatic heterocycles. The maximum absolute atomic E-state index is 13.6. The minimum absolute atomic E-state index is 0.0342. The van der Waals surface area contributed by atoms with Gasteiger partial charge in [0.15, 0.2) is 5.17 Å². The van der Waals surface area contributed by atoms with E-state index in [0.717, 1.165) is 33.5 Å². The fraction of sp³-hybridized carbons (Fsp3) is 0.0857. The molecule has 5 aromatic carbocycles. The molecule has 1 fully saturated rings. The summed E-state index contributed by atoms with van der Waals surface area (Å²) in [5.74, 6) is 0.717. The number of amidine groups is 1. The number of rotatable bonds is 8. The molecule has 0 saturated carbocycles. The van der Waals surface area contributed by atoms with Gasteiger partial charge in [0.2, 0.25) is 0 Å². The lowest BCUT2D eigenvalue weighted by atomic mass is 10.1. The highest BCUT2D eigenvalue weighted by molar-refractivity contribution is 9.10. The number of carbonyl (C=O) groups excluding carboxylic acids is 1. The summed E-state index contributed by atoms with van der Waals surface area (Å²) < 4.78 is 7.02. The smallest absolute Gasteiger partial charge is 0.266 e. The fourth-order valence-electron chi connectivity index (χ4n) is 4.74. The van der Waals surface area contributed by atoms with Gasteiger partial charge in [0.05, 0.1) is 15.1 Å². The van der Waals surface area contributed by atoms with Crippen molar-refractivity contribution < 1.29 is 9.53 Å². The number of ether oxygens (including phenoxy) is 1. The highest BCUT2D eigenvalue weighted by Crippen LogP contribution is 2.36. The topological polar surface area (TPSA) is 41.9 Å². The van der Waals surface area contributed by atoms with Crippen molar-refractivity contribution in [3.05, 3.63) is 147 Å². The monoisotopic (exact) mass is 618 g/mol. The predicted molar refractivity (Wildman–Crippen MR) is 173 cm³/mol. The summed E-state index contributed by atoms with van der Waals surface area (Å²) >= 11 is 5.08. The van der Waals surface area contributed by atoms with Crippen molar-refractivity contribution in [2.45, 2.75) is 13.0 Å². The lowest BCUT2D eigenvalue weighted by molar-refractivity contribution is -0.122. The Labute approximate surface area is 252 Å². The van der Waals surface area contributed by atoms with Gasteiger partial charge in [-0.25, -0.2) is 4.99 Å². The Hall–Kier alpha value is -4.13. The van der Waals surface area contributed by atoms with Crippen molar-refractivity contribution in [1.82, 2.24) is 4.90 Å². The summed E-state index contributed by atoms with van der Waals surface area (Å²) in [4.78, 5) is 20.8. The van der Waals surface area contributed by atoms with Crippen molar-refractivity contribution in [1.29, 1.82) is 0 Å². The molecule has 0 N–H and O–H groups in total. The summed E-state index contributed by atoms with van der Waals surface area (Å²) in [6.07, 6.45) is 2.68. The number of amides is 1. The Morgan fingerprint density at radius 1 is 0.829 bits per heavy atom. The van der Waals surface area contributed by atoms with Gasteiger partial charge in [-0.05, 0) is 91.9 Å². The summed E-state index contributed by atoms with van der Waals surface area (Å²) in [7, 11) is 0. The van der Waals surface area contributed by atoms with Gasteiger partial charge in [0.25, 0.3) is 5.91 Å². The van der Waals surface area contributed by atoms with Crippen molar-refractivity contribution in [2.24, 2.45) is 4.99 Å². The van der Waals surface area contributed by atoms with Crippen LogP contribution in [0, 0.1) is 0 Å². The van der Waals surface area contributed by atoms with Gasteiger partial charge in [-0.2, -0.15) is 0 Å². The molecule has 4 nitrogen and oxygen atoms in total. The first-order valence-electron chi connectivity index (χ1n) is 13.4. The van der Waals surface area contributed by atoms with Crippen molar-refractivity contribution in [2.75, 3.05) is 6.54 Å². The number of aliphatic imine (C=N–C) groups is 1. The standard InChI is InChI=1S/C35H27BrN2O2S/c36-31-22-26(18-19-32(31)40-24-28-14-9-13-27-12-7-8-17-30(27)28)23-33-34(39)38(21-20-25-10-3-1-4-11-25)35(41-33)37-29-15-5-2-6-16-29/h1-19,22-23H,20-21,24H2/b33-23+,37-35?. The van der Waals surface area contributed by atoms with Gasteiger partial charge >= 0.3 is 0 Å². The summed E-state index contributed by atoms with van der Waals surface area (Å²) in [6, 6.07) is 40.5. The number of para-hydroxylation sites is 1. The van der Waals surface area contributed by atoms with E-state index in [4.69, 9.17) is 9.73 Å². The first-order valence-corrected chi connectivity index (χ1v) is 15.0. The third-order valence-corrected chi connectivity index (χ3v) is 8.48. The van der Waals surface area contributed by atoms with E-state index in [0.29, 0.717) is 23.2 Å². The zero-order chi connectivity index (χ0) is 28.0. The van der Waals surface area contributed by atoms with Crippen LogP contribution in [0.25, 0.3) is 16.8 Å². The molecule has 1 aliphatic heterocycles. The van der Waals surface area contributed by atoms with E-state index in [9.17, 15) is 4.79 Å². The van der Waals surface area contributed by atoms with Gasteiger partial charge < -0.3 is 4.74 Å². The summed E-state index contributed by atoms with van der Waals surface area (Å²) in [5, 5.41) is 3.08. The molecule has 1 saturated heterocycles. The van der Waals surface area contributed by atoms with Crippen LogP contribution in [0.5, 0.6) is 5.75 Å². The largest absolute Gasteiger partial charge is 0.488 e. The minimum Gasteiger partial charge on any atom is -0.488 e. The number of benzene rings is 5. The zero-order valence-corrected chi connectivity index (χ0v) is 24.6. The quantitative estimate of drug-likeness (QED) is 0.163. The van der Waals surface area contributed by atoms with E-state index < -0.39 is 0 Å². The van der Waals surface area contributed by atoms with Gasteiger partial charge in [-0.3, -0.25) is 9.69 Å². The second kappa shape index (κ2) is 12.6. The molecule has 41 heavy (non-hydrogen) atoms. The number of fused-ring (bicyclic) bond motifs is 1. The van der Waals surface area contributed by atoms with Crippen LogP contribution in [0.3, 0.4) is 0 Å². The number of hydrogen-bond donors (Lipinski definition) is 0. The Bertz CT molecular complexity index is 1750. The zero-order valence-electron chi connectivity index (χ0n) is 22.2. The molecule has 0 unspecified atom stereocenters. The molecule has 6 rings (SSSR count). The Morgan fingerprint density at radius 2 is 1.56 bits per heavy atom. The molecular formula is C35H27BrN2O2S. The maximum Gasteiger partial charge on any atom is 0.266 e. The SMILES string of the molecule is O=C1/C(=C\c2ccc(OCc3cccc4ccccc34)c(Br)c2)SC(=Nc2ccccc2)N1CCc1ccccc1. The van der Waals surface area contributed by atoms with Gasteiger partial charge in [0.1, 0.15) is 12.4 Å². The van der Waals surface area contributed by atoms with Gasteiger partial charge in [-0.1, -0.05) is 97.1 Å². The van der Waals surface area contributed by atoms with Crippen LogP contribution in [0.15, 0.2) is 136 Å². The second-order valence-electron chi connectivity index (χ2n) is 9.65. The van der Waals surface area contributed by atoms with Gasteiger partial charge in [0, 0.05) is 6.54 Å². The molecule has 0 aliphatic carbocycles. The number of carbonyl (C=O) groups is 1. The average molecular weight is 620 g/mol. The highest BCUT2D eigenvalue weighted by atomic mass is 79.9. The van der Waals surface area contributed by atoms with Crippen LogP contribution >= 0.6 is 27.7 Å². The second-order valence-corrected chi connectivity index (χ2v) is 11.5. The van der Waals surface area contributed by atoms with Crippen LogP contribution in [0.4, 0.5) is 5.69 Å². The molecule has 6 heteroatoms. The first-order chi connectivity index (χ1) is 20.1. The van der Waals surface area contributed by atoms with E-state index >= 15 is 0 Å². The highest BCUT2D eigenvalue weighted by Gasteiger charge is 2.33. The molecule has 1 amide bonds.